The molecule has 2 rings (SSSR count). The highest BCUT2D eigenvalue weighted by molar-refractivity contribution is 7.90. The zero-order valence-electron chi connectivity index (χ0n) is 12.3. The molecule has 0 saturated carbocycles. The first-order chi connectivity index (χ1) is 9.77. The Labute approximate surface area is 130 Å². The largest absolute Gasteiger partial charge is 0.381 e. The van der Waals surface area contributed by atoms with Crippen LogP contribution in [0, 0.1) is 13.8 Å². The molecule has 0 radical (unpaired) electrons. The van der Waals surface area contributed by atoms with Crippen molar-refractivity contribution < 1.29 is 8.42 Å². The zero-order valence-corrected chi connectivity index (χ0v) is 13.8. The quantitative estimate of drug-likeness (QED) is 0.926. The summed E-state index contributed by atoms with van der Waals surface area (Å²) in [4.78, 5) is 0.323. The minimum Gasteiger partial charge on any atom is -0.381 e. The lowest BCUT2D eigenvalue weighted by Crippen LogP contribution is -2.05. The van der Waals surface area contributed by atoms with E-state index in [-0.39, 0.29) is 0 Å². The average molecular weight is 324 g/mol. The Morgan fingerprint density at radius 1 is 1.05 bits per heavy atom. The second-order valence-electron chi connectivity index (χ2n) is 5.17. The fourth-order valence-corrected chi connectivity index (χ4v) is 2.94. The maximum absolute atomic E-state index is 11.6. The van der Waals surface area contributed by atoms with Gasteiger partial charge >= 0.3 is 0 Å². The summed E-state index contributed by atoms with van der Waals surface area (Å²) in [5.41, 5.74) is 4.07. The molecule has 2 aromatic carbocycles. The van der Waals surface area contributed by atoms with Gasteiger partial charge < -0.3 is 5.32 Å². The molecule has 0 atom stereocenters. The van der Waals surface area contributed by atoms with E-state index in [1.807, 2.05) is 38.1 Å². The van der Waals surface area contributed by atoms with Gasteiger partial charge in [-0.2, -0.15) is 0 Å². The number of nitrogens with one attached hydrogen (secondary N) is 1. The van der Waals surface area contributed by atoms with Crippen molar-refractivity contribution >= 4 is 27.1 Å². The van der Waals surface area contributed by atoms with Crippen molar-refractivity contribution in [2.45, 2.75) is 25.3 Å². The predicted octanol–water partition coefficient (Wildman–Crippen LogP) is 3.97. The van der Waals surface area contributed by atoms with Crippen molar-refractivity contribution in [3.63, 3.8) is 0 Å². The fourth-order valence-electron chi connectivity index (χ4n) is 2.07. The maximum atomic E-state index is 11.6. The number of aryl methyl sites for hydroxylation is 2. The molecule has 0 aliphatic carbocycles. The van der Waals surface area contributed by atoms with Crippen LogP contribution in [-0.4, -0.2) is 14.7 Å². The molecule has 0 heterocycles. The SMILES string of the molecule is Cc1cc(Cl)ccc1CNc1cc(S(C)(=O)=O)ccc1C. The number of benzene rings is 2. The van der Waals surface area contributed by atoms with Crippen molar-refractivity contribution in [3.8, 4) is 0 Å². The van der Waals surface area contributed by atoms with Crippen molar-refractivity contribution in [1.82, 2.24) is 0 Å². The van der Waals surface area contributed by atoms with E-state index in [1.165, 1.54) is 6.26 Å². The van der Waals surface area contributed by atoms with Gasteiger partial charge in [0.15, 0.2) is 9.84 Å². The van der Waals surface area contributed by atoms with Crippen LogP contribution in [0.3, 0.4) is 0 Å². The normalized spacial score (nSPS) is 11.4. The van der Waals surface area contributed by atoms with Crippen LogP contribution < -0.4 is 5.32 Å². The Hall–Kier alpha value is -1.52. The third kappa shape index (κ3) is 3.99. The van der Waals surface area contributed by atoms with E-state index in [9.17, 15) is 8.42 Å². The number of sulfone groups is 1. The van der Waals surface area contributed by atoms with Gasteiger partial charge in [0.05, 0.1) is 4.90 Å². The van der Waals surface area contributed by atoms with E-state index in [1.54, 1.807) is 12.1 Å². The smallest absolute Gasteiger partial charge is 0.175 e. The summed E-state index contributed by atoms with van der Waals surface area (Å²) in [6, 6.07) is 10.9. The van der Waals surface area contributed by atoms with Crippen molar-refractivity contribution in [2.75, 3.05) is 11.6 Å². The Kier molecular flexibility index (Phi) is 4.59. The van der Waals surface area contributed by atoms with E-state index >= 15 is 0 Å². The van der Waals surface area contributed by atoms with Gasteiger partial charge in [-0.3, -0.25) is 0 Å². The molecule has 0 aliphatic heterocycles. The Balaban J connectivity index is 2.23. The molecule has 21 heavy (non-hydrogen) atoms. The summed E-state index contributed by atoms with van der Waals surface area (Å²) in [6.45, 7) is 4.57. The van der Waals surface area contributed by atoms with E-state index in [4.69, 9.17) is 11.6 Å². The summed E-state index contributed by atoms with van der Waals surface area (Å²) >= 11 is 5.94. The first kappa shape index (κ1) is 15.9. The molecule has 2 aromatic rings. The molecule has 5 heteroatoms. The highest BCUT2D eigenvalue weighted by atomic mass is 35.5. The molecule has 3 nitrogen and oxygen atoms in total. The van der Waals surface area contributed by atoms with Crippen LogP contribution in [0.1, 0.15) is 16.7 Å². The van der Waals surface area contributed by atoms with Gasteiger partial charge in [0.1, 0.15) is 0 Å². The second kappa shape index (κ2) is 6.08. The summed E-state index contributed by atoms with van der Waals surface area (Å²) in [5, 5.41) is 4.01. The van der Waals surface area contributed by atoms with E-state index < -0.39 is 9.84 Å². The van der Waals surface area contributed by atoms with Crippen LogP contribution in [0.15, 0.2) is 41.3 Å². The molecular weight excluding hydrogens is 306 g/mol. The standard InChI is InChI=1S/C16H18ClNO2S/c1-11-4-7-15(21(3,19)20)9-16(11)18-10-13-5-6-14(17)8-12(13)2/h4-9,18H,10H2,1-3H3. The number of halogens is 1. The van der Waals surface area contributed by atoms with Crippen LogP contribution in [0.2, 0.25) is 5.02 Å². The van der Waals surface area contributed by atoms with E-state index in [2.05, 4.69) is 5.32 Å². The monoisotopic (exact) mass is 323 g/mol. The van der Waals surface area contributed by atoms with Crippen molar-refractivity contribution in [2.24, 2.45) is 0 Å². The van der Waals surface area contributed by atoms with Gasteiger partial charge in [-0.25, -0.2) is 8.42 Å². The molecular formula is C16H18ClNO2S. The van der Waals surface area contributed by atoms with Crippen molar-refractivity contribution in [1.29, 1.82) is 0 Å². The first-order valence-electron chi connectivity index (χ1n) is 6.57. The highest BCUT2D eigenvalue weighted by Gasteiger charge is 2.09. The fraction of sp³-hybridized carbons (Fsp3) is 0.250. The van der Waals surface area contributed by atoms with Gasteiger partial charge in [-0.15, -0.1) is 0 Å². The Bertz CT molecular complexity index is 770. The molecule has 0 bridgehead atoms. The minimum absolute atomic E-state index is 0.323. The molecule has 0 spiro atoms. The van der Waals surface area contributed by atoms with Gasteiger partial charge in [-0.1, -0.05) is 23.7 Å². The maximum Gasteiger partial charge on any atom is 0.175 e. The first-order valence-corrected chi connectivity index (χ1v) is 8.84. The van der Waals surface area contributed by atoms with Crippen LogP contribution in [0.5, 0.6) is 0 Å². The predicted molar refractivity (Wildman–Crippen MR) is 87.8 cm³/mol. The molecule has 1 N–H and O–H groups in total. The van der Waals surface area contributed by atoms with Gasteiger partial charge in [0, 0.05) is 23.5 Å². The molecule has 0 aromatic heterocycles. The molecule has 0 unspecified atom stereocenters. The Morgan fingerprint density at radius 3 is 2.38 bits per heavy atom. The third-order valence-corrected chi connectivity index (χ3v) is 4.76. The Morgan fingerprint density at radius 2 is 1.76 bits per heavy atom. The van der Waals surface area contributed by atoms with Gasteiger partial charge in [0.2, 0.25) is 0 Å². The minimum atomic E-state index is -3.20. The molecule has 0 saturated heterocycles. The summed E-state index contributed by atoms with van der Waals surface area (Å²) in [5.74, 6) is 0. The van der Waals surface area contributed by atoms with Crippen LogP contribution in [0.4, 0.5) is 5.69 Å². The summed E-state index contributed by atoms with van der Waals surface area (Å²) in [6.07, 6.45) is 1.21. The second-order valence-corrected chi connectivity index (χ2v) is 7.63. The third-order valence-electron chi connectivity index (χ3n) is 3.41. The number of rotatable bonds is 4. The van der Waals surface area contributed by atoms with Gasteiger partial charge in [0.25, 0.3) is 0 Å². The van der Waals surface area contributed by atoms with E-state index in [0.29, 0.717) is 16.5 Å². The molecule has 0 amide bonds. The average Bonchev–Trinajstić information content (AvgIpc) is 2.38. The lowest BCUT2D eigenvalue weighted by Gasteiger charge is -2.13. The molecule has 112 valence electrons. The summed E-state index contributed by atoms with van der Waals surface area (Å²) in [7, 11) is -3.20. The van der Waals surface area contributed by atoms with E-state index in [0.717, 1.165) is 22.4 Å². The lowest BCUT2D eigenvalue weighted by molar-refractivity contribution is 0.602. The zero-order chi connectivity index (χ0) is 15.6. The molecule has 0 aliphatic rings. The number of anilines is 1. The molecule has 0 fully saturated rings. The highest BCUT2D eigenvalue weighted by Crippen LogP contribution is 2.22. The lowest BCUT2D eigenvalue weighted by atomic mass is 10.1. The summed E-state index contributed by atoms with van der Waals surface area (Å²) < 4.78 is 23.2. The number of hydrogen-bond acceptors (Lipinski definition) is 3. The number of hydrogen-bond donors (Lipinski definition) is 1. The van der Waals surface area contributed by atoms with Crippen molar-refractivity contribution in [3.05, 3.63) is 58.1 Å². The van der Waals surface area contributed by atoms with Crippen LogP contribution >= 0.6 is 11.6 Å². The van der Waals surface area contributed by atoms with Crippen LogP contribution in [-0.2, 0) is 16.4 Å². The van der Waals surface area contributed by atoms with Crippen LogP contribution in [0.25, 0.3) is 0 Å². The van der Waals surface area contributed by atoms with Gasteiger partial charge in [-0.05, 0) is 54.8 Å². The topological polar surface area (TPSA) is 46.2 Å².